The number of rotatable bonds is 7. The van der Waals surface area contributed by atoms with Gasteiger partial charge < -0.3 is 10.6 Å². The van der Waals surface area contributed by atoms with Gasteiger partial charge in [0.25, 0.3) is 5.91 Å². The van der Waals surface area contributed by atoms with Crippen LogP contribution in [0.3, 0.4) is 0 Å². The average molecular weight is 273 g/mol. The van der Waals surface area contributed by atoms with Gasteiger partial charge >= 0.3 is 0 Å². The van der Waals surface area contributed by atoms with E-state index in [1.165, 1.54) is 0 Å². The first kappa shape index (κ1) is 14.0. The van der Waals surface area contributed by atoms with Crippen LogP contribution in [0.2, 0.25) is 0 Å². The number of hydrogen-bond donors (Lipinski definition) is 2. The van der Waals surface area contributed by atoms with Crippen molar-refractivity contribution in [2.75, 3.05) is 18.4 Å². The number of nitrogens with zero attached hydrogens (tertiary/aromatic N) is 3. The minimum Gasteiger partial charge on any atom is -0.384 e. The fraction of sp³-hybridized carbons (Fsp3) is 0.357. The van der Waals surface area contributed by atoms with Gasteiger partial charge in [-0.15, -0.1) is 5.10 Å². The van der Waals surface area contributed by atoms with E-state index in [9.17, 15) is 4.79 Å². The summed E-state index contributed by atoms with van der Waals surface area (Å²) in [6.45, 7) is 4.07. The average Bonchev–Trinajstić information content (AvgIpc) is 2.98. The number of benzene rings is 1. The van der Waals surface area contributed by atoms with E-state index < -0.39 is 0 Å². The molecule has 0 aliphatic carbocycles. The Hall–Kier alpha value is -2.37. The highest BCUT2D eigenvalue weighted by atomic mass is 16.1. The van der Waals surface area contributed by atoms with Gasteiger partial charge in [-0.3, -0.25) is 9.48 Å². The standard InChI is InChI=1S/C14H19N5O/c1-2-7-15-13-6-4-3-5-12(13)14(20)16-8-10-19-11-9-17-18-19/h3-6,9,11,15H,2,7-8,10H2,1H3,(H,16,20). The molecule has 2 N–H and O–H groups in total. The number of aromatic nitrogens is 3. The van der Waals surface area contributed by atoms with Gasteiger partial charge in [-0.2, -0.15) is 0 Å². The number of amides is 1. The smallest absolute Gasteiger partial charge is 0.253 e. The third-order valence-electron chi connectivity index (χ3n) is 2.84. The molecule has 2 rings (SSSR count). The lowest BCUT2D eigenvalue weighted by molar-refractivity contribution is 0.0952. The zero-order valence-corrected chi connectivity index (χ0v) is 11.5. The van der Waals surface area contributed by atoms with Crippen molar-refractivity contribution in [1.29, 1.82) is 0 Å². The van der Waals surface area contributed by atoms with E-state index >= 15 is 0 Å². The summed E-state index contributed by atoms with van der Waals surface area (Å²) < 4.78 is 1.68. The van der Waals surface area contributed by atoms with Gasteiger partial charge in [-0.25, -0.2) is 0 Å². The van der Waals surface area contributed by atoms with Gasteiger partial charge in [0.15, 0.2) is 0 Å². The molecule has 0 aliphatic rings. The van der Waals surface area contributed by atoms with Crippen LogP contribution < -0.4 is 10.6 Å². The summed E-state index contributed by atoms with van der Waals surface area (Å²) in [5, 5.41) is 13.7. The molecule has 0 saturated heterocycles. The van der Waals surface area contributed by atoms with Crippen LogP contribution in [-0.4, -0.2) is 34.0 Å². The molecule has 2 aromatic rings. The monoisotopic (exact) mass is 273 g/mol. The fourth-order valence-corrected chi connectivity index (χ4v) is 1.83. The second-order valence-corrected chi connectivity index (χ2v) is 4.39. The summed E-state index contributed by atoms with van der Waals surface area (Å²) in [6, 6.07) is 7.53. The largest absolute Gasteiger partial charge is 0.384 e. The molecule has 0 spiro atoms. The summed E-state index contributed by atoms with van der Waals surface area (Å²) in [6.07, 6.45) is 4.40. The van der Waals surface area contributed by atoms with Crippen molar-refractivity contribution >= 4 is 11.6 Å². The van der Waals surface area contributed by atoms with Gasteiger partial charge in [0.1, 0.15) is 0 Å². The first-order chi connectivity index (χ1) is 9.81. The number of anilines is 1. The molecule has 1 heterocycles. The van der Waals surface area contributed by atoms with E-state index in [2.05, 4.69) is 27.9 Å². The van der Waals surface area contributed by atoms with E-state index in [1.807, 2.05) is 24.3 Å². The van der Waals surface area contributed by atoms with Crippen molar-refractivity contribution in [3.63, 3.8) is 0 Å². The van der Waals surface area contributed by atoms with Crippen LogP contribution in [0.5, 0.6) is 0 Å². The fourth-order valence-electron chi connectivity index (χ4n) is 1.83. The molecular formula is C14H19N5O. The first-order valence-corrected chi connectivity index (χ1v) is 6.76. The quantitative estimate of drug-likeness (QED) is 0.802. The highest BCUT2D eigenvalue weighted by molar-refractivity contribution is 5.99. The van der Waals surface area contributed by atoms with Crippen LogP contribution in [0.4, 0.5) is 5.69 Å². The molecule has 0 saturated carbocycles. The molecule has 20 heavy (non-hydrogen) atoms. The van der Waals surface area contributed by atoms with Crippen molar-refractivity contribution < 1.29 is 4.79 Å². The molecule has 0 atom stereocenters. The second-order valence-electron chi connectivity index (χ2n) is 4.39. The summed E-state index contributed by atoms with van der Waals surface area (Å²) in [5.74, 6) is -0.0793. The molecule has 106 valence electrons. The molecule has 1 amide bonds. The van der Waals surface area contributed by atoms with Crippen molar-refractivity contribution in [2.45, 2.75) is 19.9 Å². The summed E-state index contributed by atoms with van der Waals surface area (Å²) in [4.78, 5) is 12.2. The van der Waals surface area contributed by atoms with Crippen molar-refractivity contribution in [3.8, 4) is 0 Å². The highest BCUT2D eigenvalue weighted by Gasteiger charge is 2.09. The molecule has 0 fully saturated rings. The Morgan fingerprint density at radius 3 is 2.90 bits per heavy atom. The molecule has 0 unspecified atom stereocenters. The zero-order valence-electron chi connectivity index (χ0n) is 11.5. The molecular weight excluding hydrogens is 254 g/mol. The van der Waals surface area contributed by atoms with E-state index in [0.29, 0.717) is 18.7 Å². The van der Waals surface area contributed by atoms with E-state index in [-0.39, 0.29) is 5.91 Å². The van der Waals surface area contributed by atoms with E-state index in [0.717, 1.165) is 18.7 Å². The molecule has 0 bridgehead atoms. The highest BCUT2D eigenvalue weighted by Crippen LogP contribution is 2.14. The van der Waals surface area contributed by atoms with Crippen LogP contribution in [0.15, 0.2) is 36.7 Å². The number of carbonyl (C=O) groups excluding carboxylic acids is 1. The molecule has 0 aliphatic heterocycles. The lowest BCUT2D eigenvalue weighted by Crippen LogP contribution is -2.28. The minimum atomic E-state index is -0.0793. The summed E-state index contributed by atoms with van der Waals surface area (Å²) in [5.41, 5.74) is 1.53. The number of hydrogen-bond acceptors (Lipinski definition) is 4. The Morgan fingerprint density at radius 1 is 1.30 bits per heavy atom. The van der Waals surface area contributed by atoms with Crippen LogP contribution >= 0.6 is 0 Å². The number of para-hydroxylation sites is 1. The Balaban J connectivity index is 1.91. The van der Waals surface area contributed by atoms with Crippen molar-refractivity contribution in [1.82, 2.24) is 20.3 Å². The van der Waals surface area contributed by atoms with Gasteiger partial charge in [-0.05, 0) is 18.6 Å². The molecule has 6 heteroatoms. The van der Waals surface area contributed by atoms with E-state index in [1.54, 1.807) is 17.1 Å². The Kier molecular flexibility index (Phi) is 5.11. The third kappa shape index (κ3) is 3.81. The van der Waals surface area contributed by atoms with Gasteiger partial charge in [0.05, 0.1) is 18.3 Å². The topological polar surface area (TPSA) is 71.8 Å². The zero-order chi connectivity index (χ0) is 14.2. The Labute approximate surface area is 118 Å². The van der Waals surface area contributed by atoms with Crippen LogP contribution in [0.1, 0.15) is 23.7 Å². The van der Waals surface area contributed by atoms with E-state index in [4.69, 9.17) is 0 Å². The Morgan fingerprint density at radius 2 is 2.15 bits per heavy atom. The lowest BCUT2D eigenvalue weighted by Gasteiger charge is -2.11. The normalized spacial score (nSPS) is 10.2. The first-order valence-electron chi connectivity index (χ1n) is 6.76. The van der Waals surface area contributed by atoms with Crippen LogP contribution in [-0.2, 0) is 6.54 Å². The summed E-state index contributed by atoms with van der Waals surface area (Å²) in [7, 11) is 0. The third-order valence-corrected chi connectivity index (χ3v) is 2.84. The molecule has 1 aromatic heterocycles. The predicted octanol–water partition coefficient (Wildman–Crippen LogP) is 1.53. The molecule has 0 radical (unpaired) electrons. The summed E-state index contributed by atoms with van der Waals surface area (Å²) >= 11 is 0. The van der Waals surface area contributed by atoms with Gasteiger partial charge in [0, 0.05) is 25.0 Å². The van der Waals surface area contributed by atoms with Gasteiger partial charge in [-0.1, -0.05) is 24.3 Å². The number of nitrogens with one attached hydrogen (secondary N) is 2. The number of carbonyl (C=O) groups is 1. The predicted molar refractivity (Wildman–Crippen MR) is 77.6 cm³/mol. The SMILES string of the molecule is CCCNc1ccccc1C(=O)NCCn1ccnn1. The van der Waals surface area contributed by atoms with Crippen LogP contribution in [0.25, 0.3) is 0 Å². The van der Waals surface area contributed by atoms with Crippen molar-refractivity contribution in [2.24, 2.45) is 0 Å². The maximum Gasteiger partial charge on any atom is 0.253 e. The second kappa shape index (κ2) is 7.28. The van der Waals surface area contributed by atoms with Crippen LogP contribution in [0, 0.1) is 0 Å². The maximum atomic E-state index is 12.2. The molecule has 1 aromatic carbocycles. The minimum absolute atomic E-state index is 0.0793. The van der Waals surface area contributed by atoms with Gasteiger partial charge in [0.2, 0.25) is 0 Å². The Bertz CT molecular complexity index is 538. The molecule has 6 nitrogen and oxygen atoms in total. The van der Waals surface area contributed by atoms with Crippen molar-refractivity contribution in [3.05, 3.63) is 42.2 Å². The maximum absolute atomic E-state index is 12.2. The lowest BCUT2D eigenvalue weighted by atomic mass is 10.1.